The minimum absolute atomic E-state index is 0.110. The molecule has 0 saturated carbocycles. The zero-order valence-corrected chi connectivity index (χ0v) is 11.6. The van der Waals surface area contributed by atoms with Crippen molar-refractivity contribution in [1.82, 2.24) is 9.38 Å². The van der Waals surface area contributed by atoms with Crippen LogP contribution in [0.25, 0.3) is 16.9 Å². The highest BCUT2D eigenvalue weighted by atomic mass is 16.4. The van der Waals surface area contributed by atoms with Gasteiger partial charge in [-0.1, -0.05) is 30.3 Å². The first kappa shape index (κ1) is 13.8. The molecule has 0 fully saturated rings. The SMILES string of the molecule is O=CCNc1c(-c2ccccc2)nc2c(C(=O)O)cccn12. The molecular weight excluding hydrogens is 282 g/mol. The van der Waals surface area contributed by atoms with E-state index >= 15 is 0 Å². The van der Waals surface area contributed by atoms with E-state index in [1.54, 1.807) is 16.7 Å². The van der Waals surface area contributed by atoms with Crippen LogP contribution in [0.2, 0.25) is 0 Å². The fraction of sp³-hybridized carbons (Fsp3) is 0.0625. The molecule has 110 valence electrons. The van der Waals surface area contributed by atoms with Crippen LogP contribution in [0.5, 0.6) is 0 Å². The monoisotopic (exact) mass is 295 g/mol. The minimum Gasteiger partial charge on any atom is -0.478 e. The number of aldehydes is 1. The first-order chi connectivity index (χ1) is 10.7. The number of aromatic nitrogens is 2. The van der Waals surface area contributed by atoms with Gasteiger partial charge in [0.15, 0.2) is 5.65 Å². The zero-order chi connectivity index (χ0) is 15.5. The average molecular weight is 295 g/mol. The van der Waals surface area contributed by atoms with Crippen LogP contribution in [-0.4, -0.2) is 33.3 Å². The molecule has 6 nitrogen and oxygen atoms in total. The van der Waals surface area contributed by atoms with Crippen molar-refractivity contribution >= 4 is 23.7 Å². The highest BCUT2D eigenvalue weighted by Gasteiger charge is 2.18. The Kier molecular flexibility index (Phi) is 3.57. The maximum absolute atomic E-state index is 11.4. The highest BCUT2D eigenvalue weighted by molar-refractivity contribution is 5.96. The molecule has 0 radical (unpaired) electrons. The van der Waals surface area contributed by atoms with E-state index in [4.69, 9.17) is 0 Å². The summed E-state index contributed by atoms with van der Waals surface area (Å²) in [5.74, 6) is -0.450. The molecular formula is C16H13N3O3. The van der Waals surface area contributed by atoms with E-state index in [0.29, 0.717) is 17.2 Å². The largest absolute Gasteiger partial charge is 0.478 e. The molecule has 3 aromatic rings. The maximum atomic E-state index is 11.4. The lowest BCUT2D eigenvalue weighted by Crippen LogP contribution is -2.06. The number of carboxylic acid groups (broad SMARTS) is 1. The molecule has 0 aliphatic rings. The summed E-state index contributed by atoms with van der Waals surface area (Å²) in [5, 5.41) is 12.3. The Morgan fingerprint density at radius 3 is 2.68 bits per heavy atom. The summed E-state index contributed by atoms with van der Waals surface area (Å²) in [6, 6.07) is 12.5. The third-order valence-corrected chi connectivity index (χ3v) is 3.28. The number of nitrogens with zero attached hydrogens (tertiary/aromatic N) is 2. The molecule has 2 N–H and O–H groups in total. The summed E-state index contributed by atoms with van der Waals surface area (Å²) in [4.78, 5) is 26.5. The van der Waals surface area contributed by atoms with Crippen molar-refractivity contribution in [2.75, 3.05) is 11.9 Å². The third kappa shape index (κ3) is 2.31. The van der Waals surface area contributed by atoms with E-state index in [2.05, 4.69) is 10.3 Å². The average Bonchev–Trinajstić information content (AvgIpc) is 2.92. The quantitative estimate of drug-likeness (QED) is 0.706. The summed E-state index contributed by atoms with van der Waals surface area (Å²) in [6.45, 7) is 0.116. The first-order valence-corrected chi connectivity index (χ1v) is 6.69. The highest BCUT2D eigenvalue weighted by Crippen LogP contribution is 2.29. The van der Waals surface area contributed by atoms with Crippen molar-refractivity contribution in [1.29, 1.82) is 0 Å². The first-order valence-electron chi connectivity index (χ1n) is 6.69. The molecule has 2 aromatic heterocycles. The summed E-state index contributed by atoms with van der Waals surface area (Å²) in [7, 11) is 0. The molecule has 0 aliphatic heterocycles. The topological polar surface area (TPSA) is 83.7 Å². The van der Waals surface area contributed by atoms with Gasteiger partial charge in [-0.15, -0.1) is 0 Å². The Morgan fingerprint density at radius 1 is 1.23 bits per heavy atom. The van der Waals surface area contributed by atoms with Gasteiger partial charge in [0.25, 0.3) is 0 Å². The molecule has 22 heavy (non-hydrogen) atoms. The van der Waals surface area contributed by atoms with Gasteiger partial charge in [0.05, 0.1) is 6.54 Å². The van der Waals surface area contributed by atoms with Crippen LogP contribution in [0.1, 0.15) is 10.4 Å². The normalized spacial score (nSPS) is 10.5. The summed E-state index contributed by atoms with van der Waals surface area (Å²) in [5.41, 5.74) is 1.90. The number of hydrogen-bond acceptors (Lipinski definition) is 4. The second-order valence-corrected chi connectivity index (χ2v) is 4.64. The molecule has 0 atom stereocenters. The summed E-state index contributed by atoms with van der Waals surface area (Å²) in [6.07, 6.45) is 2.46. The number of benzene rings is 1. The molecule has 1 aromatic carbocycles. The van der Waals surface area contributed by atoms with Crippen molar-refractivity contribution in [3.05, 3.63) is 54.2 Å². The number of aromatic carboxylic acids is 1. The summed E-state index contributed by atoms with van der Waals surface area (Å²) >= 11 is 0. The Labute approximate surface area is 126 Å². The van der Waals surface area contributed by atoms with Crippen LogP contribution in [0.4, 0.5) is 5.82 Å². The summed E-state index contributed by atoms with van der Waals surface area (Å²) < 4.78 is 1.65. The molecule has 0 bridgehead atoms. The van der Waals surface area contributed by atoms with Crippen molar-refractivity contribution < 1.29 is 14.7 Å². The van der Waals surface area contributed by atoms with E-state index in [1.807, 2.05) is 30.3 Å². The number of carboxylic acids is 1. The number of pyridine rings is 1. The van der Waals surface area contributed by atoms with Crippen LogP contribution < -0.4 is 5.32 Å². The van der Waals surface area contributed by atoms with Gasteiger partial charge >= 0.3 is 5.97 Å². The van der Waals surface area contributed by atoms with Gasteiger partial charge in [-0.2, -0.15) is 0 Å². The lowest BCUT2D eigenvalue weighted by atomic mass is 10.1. The van der Waals surface area contributed by atoms with Gasteiger partial charge in [-0.25, -0.2) is 9.78 Å². The predicted molar refractivity (Wildman–Crippen MR) is 82.1 cm³/mol. The van der Waals surface area contributed by atoms with E-state index in [9.17, 15) is 14.7 Å². The molecule has 0 saturated heterocycles. The lowest BCUT2D eigenvalue weighted by molar-refractivity contribution is -0.106. The number of carbonyl (C=O) groups excluding carboxylic acids is 1. The van der Waals surface area contributed by atoms with Crippen LogP contribution in [0.3, 0.4) is 0 Å². The van der Waals surface area contributed by atoms with Crippen LogP contribution in [0.15, 0.2) is 48.7 Å². The Hall–Kier alpha value is -3.15. The van der Waals surface area contributed by atoms with Gasteiger partial charge in [0, 0.05) is 11.8 Å². The molecule has 6 heteroatoms. The number of hydrogen-bond donors (Lipinski definition) is 2. The van der Waals surface area contributed by atoms with E-state index in [-0.39, 0.29) is 12.1 Å². The third-order valence-electron chi connectivity index (χ3n) is 3.28. The number of rotatable bonds is 5. The molecule has 0 unspecified atom stereocenters. The fourth-order valence-corrected chi connectivity index (χ4v) is 2.34. The maximum Gasteiger partial charge on any atom is 0.339 e. The van der Waals surface area contributed by atoms with Crippen molar-refractivity contribution in [2.45, 2.75) is 0 Å². The van der Waals surface area contributed by atoms with E-state index < -0.39 is 5.97 Å². The second kappa shape index (κ2) is 5.69. The van der Waals surface area contributed by atoms with Crippen LogP contribution in [0, 0.1) is 0 Å². The predicted octanol–water partition coefficient (Wildman–Crippen LogP) is 2.31. The Balaban J connectivity index is 2.28. The van der Waals surface area contributed by atoms with Crippen molar-refractivity contribution in [3.8, 4) is 11.3 Å². The van der Waals surface area contributed by atoms with Gasteiger partial charge in [0.1, 0.15) is 23.4 Å². The molecule has 2 heterocycles. The number of nitrogens with one attached hydrogen (secondary N) is 1. The zero-order valence-electron chi connectivity index (χ0n) is 11.6. The van der Waals surface area contributed by atoms with E-state index in [1.165, 1.54) is 6.07 Å². The molecule has 0 amide bonds. The van der Waals surface area contributed by atoms with Crippen LogP contribution in [-0.2, 0) is 4.79 Å². The number of carbonyl (C=O) groups is 2. The molecule has 3 rings (SSSR count). The Morgan fingerprint density at radius 2 is 2.00 bits per heavy atom. The van der Waals surface area contributed by atoms with E-state index in [0.717, 1.165) is 11.8 Å². The second-order valence-electron chi connectivity index (χ2n) is 4.64. The lowest BCUT2D eigenvalue weighted by Gasteiger charge is -2.06. The van der Waals surface area contributed by atoms with Gasteiger partial charge in [-0.3, -0.25) is 4.40 Å². The van der Waals surface area contributed by atoms with Crippen molar-refractivity contribution in [3.63, 3.8) is 0 Å². The number of imidazole rings is 1. The Bertz CT molecular complexity index is 840. The van der Waals surface area contributed by atoms with Gasteiger partial charge in [-0.05, 0) is 12.1 Å². The molecule has 0 aliphatic carbocycles. The minimum atomic E-state index is -1.04. The van der Waals surface area contributed by atoms with Gasteiger partial charge in [0.2, 0.25) is 0 Å². The smallest absolute Gasteiger partial charge is 0.339 e. The number of fused-ring (bicyclic) bond motifs is 1. The standard InChI is InChI=1S/C16H13N3O3/c20-10-8-17-15-13(11-5-2-1-3-6-11)18-14-12(16(21)22)7-4-9-19(14)15/h1-7,9-10,17H,8H2,(H,21,22). The van der Waals surface area contributed by atoms with Crippen LogP contribution >= 0.6 is 0 Å². The molecule has 0 spiro atoms. The fourth-order valence-electron chi connectivity index (χ4n) is 2.34. The number of anilines is 1. The van der Waals surface area contributed by atoms with Crippen molar-refractivity contribution in [2.24, 2.45) is 0 Å². The van der Waals surface area contributed by atoms with Gasteiger partial charge < -0.3 is 15.2 Å².